The fourth-order valence-electron chi connectivity index (χ4n) is 0.387. The fourth-order valence-corrected chi connectivity index (χ4v) is 1.16. The van der Waals surface area contributed by atoms with Crippen LogP contribution in [0.1, 0.15) is 0 Å². The first-order valence-corrected chi connectivity index (χ1v) is 3.82. The molecule has 1 saturated heterocycles. The lowest BCUT2D eigenvalue weighted by Gasteiger charge is -2.26. The summed E-state index contributed by atoms with van der Waals surface area (Å²) in [5.41, 5.74) is 4.48. The highest BCUT2D eigenvalue weighted by atomic mass is 28.4. The van der Waals surface area contributed by atoms with Crippen LogP contribution < -0.4 is 5.73 Å². The summed E-state index contributed by atoms with van der Waals surface area (Å²) >= 11 is 0. The monoisotopic (exact) mass is 165 g/mol. The van der Waals surface area contributed by atoms with Gasteiger partial charge >= 0.3 is 21.3 Å². The number of carbonyl (C=O) groups excluding carboxylic acids is 2. The van der Waals surface area contributed by atoms with E-state index in [2.05, 4.69) is 19.0 Å². The lowest BCUT2D eigenvalue weighted by atomic mass is 11.3. The van der Waals surface area contributed by atoms with Crippen molar-refractivity contribution >= 4 is 21.3 Å². The van der Waals surface area contributed by atoms with Crippen LogP contribution in [0.5, 0.6) is 0 Å². The molecule has 0 unspecified atom stereocenters. The van der Waals surface area contributed by atoms with Crippen LogP contribution in [0.4, 0.5) is 9.59 Å². The van der Waals surface area contributed by atoms with Gasteiger partial charge in [-0.3, -0.25) is 0 Å². The van der Waals surface area contributed by atoms with Crippen LogP contribution in [-0.2, 0) is 13.3 Å². The molecule has 1 aliphatic rings. The van der Waals surface area contributed by atoms with Crippen molar-refractivity contribution in [2.45, 2.75) is 0 Å². The zero-order valence-corrected chi connectivity index (χ0v) is 5.57. The Labute approximate surface area is 55.8 Å². The van der Waals surface area contributed by atoms with Gasteiger partial charge in [-0.25, -0.2) is 9.59 Å². The average molecular weight is 165 g/mol. The molecule has 1 rings (SSSR count). The Morgan fingerprint density at radius 1 is 1.70 bits per heavy atom. The van der Waals surface area contributed by atoms with Crippen LogP contribution in [0.2, 0.25) is 0 Å². The van der Waals surface area contributed by atoms with Gasteiger partial charge in [0.05, 0.1) is 0 Å². The van der Waals surface area contributed by atoms with Gasteiger partial charge in [-0.1, -0.05) is 0 Å². The van der Waals surface area contributed by atoms with Gasteiger partial charge in [0.15, 0.2) is 0 Å². The van der Waals surface area contributed by atoms with E-state index in [0.29, 0.717) is 0 Å². The highest BCUT2D eigenvalue weighted by Gasteiger charge is 2.64. The van der Waals surface area contributed by atoms with E-state index in [4.69, 9.17) is 4.80 Å². The van der Waals surface area contributed by atoms with Gasteiger partial charge in [-0.2, -0.15) is 0 Å². The van der Waals surface area contributed by atoms with Crippen molar-refractivity contribution in [1.82, 2.24) is 0 Å². The van der Waals surface area contributed by atoms with E-state index in [9.17, 15) is 9.59 Å². The van der Waals surface area contributed by atoms with Crippen LogP contribution in [0.3, 0.4) is 0 Å². The molecule has 1 aliphatic heterocycles. The molecule has 10 heavy (non-hydrogen) atoms. The molecule has 56 valence electrons. The maximum Gasteiger partial charge on any atom is 0.902 e. The minimum atomic E-state index is -3.95. The Bertz CT molecular complexity index is 182. The zero-order valence-electron chi connectivity index (χ0n) is 4.57. The van der Waals surface area contributed by atoms with Crippen LogP contribution in [0.15, 0.2) is 0 Å². The van der Waals surface area contributed by atoms with E-state index >= 15 is 0 Å². The second kappa shape index (κ2) is 1.85. The molecule has 0 saturated carbocycles. The first-order valence-electron chi connectivity index (χ1n) is 2.15. The van der Waals surface area contributed by atoms with Crippen LogP contribution >= 0.6 is 0 Å². The van der Waals surface area contributed by atoms with E-state index in [1.807, 2.05) is 0 Å². The van der Waals surface area contributed by atoms with Gasteiger partial charge < -0.3 is 23.8 Å². The standard InChI is InChI=1S/C2H3NO6Si/c3-1(4)7-10(6)8-2(5)9-10/h6H,(H2,3,4). The second-order valence-corrected chi connectivity index (χ2v) is 3.06. The molecule has 0 radical (unpaired) electrons. The Kier molecular flexibility index (Phi) is 1.26. The first-order chi connectivity index (χ1) is 4.52. The molecule has 0 spiro atoms. The Morgan fingerprint density at radius 3 is 2.50 bits per heavy atom. The number of hydrogen-bond acceptors (Lipinski definition) is 6. The summed E-state index contributed by atoms with van der Waals surface area (Å²) in [6.07, 6.45) is -2.32. The summed E-state index contributed by atoms with van der Waals surface area (Å²) in [6.45, 7) is 0. The molecule has 1 fully saturated rings. The number of nitrogens with two attached hydrogens (primary N) is 1. The smallest absolute Gasteiger partial charge is 0.416 e. The van der Waals surface area contributed by atoms with Gasteiger partial charge in [-0.05, 0) is 0 Å². The van der Waals surface area contributed by atoms with Gasteiger partial charge in [0.2, 0.25) is 0 Å². The van der Waals surface area contributed by atoms with Gasteiger partial charge in [0, 0.05) is 0 Å². The fraction of sp³-hybridized carbons (Fsp3) is 0. The minimum absolute atomic E-state index is 1.07. The van der Waals surface area contributed by atoms with Crippen molar-refractivity contribution in [1.29, 1.82) is 0 Å². The Morgan fingerprint density at radius 2 is 2.20 bits per heavy atom. The molecule has 0 aromatic heterocycles. The first kappa shape index (κ1) is 6.83. The molecule has 3 N–H and O–H groups in total. The number of hydrogen-bond donors (Lipinski definition) is 2. The summed E-state index contributed by atoms with van der Waals surface area (Å²) < 4.78 is 11.8. The number of carbonyl (C=O) groups is 2. The largest absolute Gasteiger partial charge is 0.902 e. The lowest BCUT2D eigenvalue weighted by Crippen LogP contribution is -2.60. The third-order valence-corrected chi connectivity index (χ3v) is 1.96. The summed E-state index contributed by atoms with van der Waals surface area (Å²) in [5, 5.41) is 0. The molecular weight excluding hydrogens is 162 g/mol. The van der Waals surface area contributed by atoms with E-state index in [-0.39, 0.29) is 0 Å². The maximum atomic E-state index is 9.92. The van der Waals surface area contributed by atoms with E-state index in [0.717, 1.165) is 0 Å². The molecule has 1 amide bonds. The summed E-state index contributed by atoms with van der Waals surface area (Å²) in [4.78, 5) is 28.5. The van der Waals surface area contributed by atoms with Crippen LogP contribution in [-0.4, -0.2) is 26.1 Å². The van der Waals surface area contributed by atoms with Crippen molar-refractivity contribution in [2.75, 3.05) is 0 Å². The topological polar surface area (TPSA) is 108 Å². The second-order valence-electron chi connectivity index (χ2n) is 1.40. The summed E-state index contributed by atoms with van der Waals surface area (Å²) in [5.74, 6) is 0. The molecule has 8 heteroatoms. The Hall–Kier alpha value is -1.28. The van der Waals surface area contributed by atoms with Crippen molar-refractivity contribution in [2.24, 2.45) is 5.73 Å². The molecule has 7 nitrogen and oxygen atoms in total. The number of primary amides is 1. The van der Waals surface area contributed by atoms with E-state index < -0.39 is 21.3 Å². The highest BCUT2D eigenvalue weighted by molar-refractivity contribution is 6.61. The lowest BCUT2D eigenvalue weighted by molar-refractivity contribution is -0.0243. The van der Waals surface area contributed by atoms with Crippen molar-refractivity contribution in [3.63, 3.8) is 0 Å². The Balaban J connectivity index is 2.41. The predicted molar refractivity (Wildman–Crippen MR) is 26.2 cm³/mol. The van der Waals surface area contributed by atoms with Gasteiger partial charge in [0.25, 0.3) is 0 Å². The normalized spacial score (nSPS) is 19.9. The predicted octanol–water partition coefficient (Wildman–Crippen LogP) is -1.32. The number of amides is 1. The SMILES string of the molecule is NC(=O)O[Si]1(O)OC(=O)O1. The summed E-state index contributed by atoms with van der Waals surface area (Å²) in [6, 6.07) is 0. The minimum Gasteiger partial charge on any atom is -0.416 e. The molecule has 0 aromatic carbocycles. The number of rotatable bonds is 1. The molecule has 0 aromatic rings. The molecule has 0 atom stereocenters. The van der Waals surface area contributed by atoms with Crippen molar-refractivity contribution in [3.05, 3.63) is 0 Å². The molecular formula is C2H3NO6Si. The van der Waals surface area contributed by atoms with Crippen molar-refractivity contribution < 1.29 is 27.7 Å². The quantitative estimate of drug-likeness (QED) is 0.466. The van der Waals surface area contributed by atoms with Crippen molar-refractivity contribution in [3.8, 4) is 0 Å². The third kappa shape index (κ3) is 1.17. The summed E-state index contributed by atoms with van der Waals surface area (Å²) in [7, 11) is -3.95. The molecule has 1 heterocycles. The molecule has 0 aliphatic carbocycles. The van der Waals surface area contributed by atoms with Gasteiger partial charge in [-0.15, -0.1) is 0 Å². The van der Waals surface area contributed by atoms with E-state index in [1.165, 1.54) is 0 Å². The van der Waals surface area contributed by atoms with E-state index in [1.54, 1.807) is 0 Å². The van der Waals surface area contributed by atoms with Crippen LogP contribution in [0.25, 0.3) is 0 Å². The van der Waals surface area contributed by atoms with Crippen LogP contribution in [0, 0.1) is 0 Å². The third-order valence-electron chi connectivity index (χ3n) is 0.654. The zero-order chi connectivity index (χ0) is 7.78. The highest BCUT2D eigenvalue weighted by Crippen LogP contribution is 2.17. The van der Waals surface area contributed by atoms with Gasteiger partial charge in [0.1, 0.15) is 0 Å². The average Bonchev–Trinajstić information content (AvgIpc) is 1.57. The maximum absolute atomic E-state index is 9.92. The molecule has 0 bridgehead atoms.